The van der Waals surface area contributed by atoms with E-state index in [0.29, 0.717) is 26.2 Å². The highest BCUT2D eigenvalue weighted by Crippen LogP contribution is 2.14. The van der Waals surface area contributed by atoms with Crippen LogP contribution in [0, 0.1) is 0 Å². The van der Waals surface area contributed by atoms with Gasteiger partial charge in [0, 0.05) is 19.4 Å². The van der Waals surface area contributed by atoms with Crippen molar-refractivity contribution in [2.24, 2.45) is 0 Å². The predicted octanol–water partition coefficient (Wildman–Crippen LogP) is 2.43. The van der Waals surface area contributed by atoms with Crippen molar-refractivity contribution in [3.05, 3.63) is 65.7 Å². The molecule has 1 N–H and O–H groups in total. The molecule has 0 aliphatic carbocycles. The fraction of sp³-hybridized carbons (Fsp3) is 0.278. The van der Waals surface area contributed by atoms with Crippen molar-refractivity contribution in [2.75, 3.05) is 19.4 Å². The number of amides is 1. The molecule has 0 bridgehead atoms. The molecular weight excluding hydrogens is 326 g/mol. The predicted molar refractivity (Wildman–Crippen MR) is 92.6 cm³/mol. The minimum absolute atomic E-state index is 0.0443. The van der Waals surface area contributed by atoms with Gasteiger partial charge in [-0.05, 0) is 24.1 Å². The number of ether oxygens (including phenoxy) is 1. The van der Waals surface area contributed by atoms with Gasteiger partial charge in [0.1, 0.15) is 0 Å². The van der Waals surface area contributed by atoms with Crippen molar-refractivity contribution in [1.29, 1.82) is 0 Å². The van der Waals surface area contributed by atoms with E-state index in [9.17, 15) is 13.2 Å². The first kappa shape index (κ1) is 18.2. The Balaban J connectivity index is 1.76. The van der Waals surface area contributed by atoms with E-state index in [-0.39, 0.29) is 16.4 Å². The summed E-state index contributed by atoms with van der Waals surface area (Å²) in [5.74, 6) is -0.390. The van der Waals surface area contributed by atoms with Crippen molar-refractivity contribution in [3.63, 3.8) is 0 Å². The zero-order valence-electron chi connectivity index (χ0n) is 13.6. The summed E-state index contributed by atoms with van der Waals surface area (Å²) >= 11 is 0. The van der Waals surface area contributed by atoms with Crippen molar-refractivity contribution < 1.29 is 17.9 Å². The second-order valence-corrected chi connectivity index (χ2v) is 7.40. The fourth-order valence-corrected chi connectivity index (χ4v) is 3.10. The first-order chi connectivity index (χ1) is 11.5. The van der Waals surface area contributed by atoms with E-state index in [2.05, 4.69) is 5.32 Å². The molecule has 0 aromatic heterocycles. The summed E-state index contributed by atoms with van der Waals surface area (Å²) in [7, 11) is -3.43. The number of hydrogen-bond acceptors (Lipinski definition) is 4. The number of nitrogens with one attached hydrogen (secondary N) is 1. The lowest BCUT2D eigenvalue weighted by Crippen LogP contribution is -2.26. The van der Waals surface area contributed by atoms with Crippen LogP contribution in [0.5, 0.6) is 0 Å². The van der Waals surface area contributed by atoms with Gasteiger partial charge in [0.15, 0.2) is 9.84 Å². The van der Waals surface area contributed by atoms with Crippen molar-refractivity contribution in [1.82, 2.24) is 5.32 Å². The van der Waals surface area contributed by atoms with E-state index < -0.39 is 9.84 Å². The topological polar surface area (TPSA) is 72.5 Å². The summed E-state index contributed by atoms with van der Waals surface area (Å²) in [5, 5.41) is 2.73. The Bertz CT molecular complexity index is 773. The minimum Gasteiger partial charge on any atom is -0.377 e. The van der Waals surface area contributed by atoms with Crippen molar-refractivity contribution in [3.8, 4) is 0 Å². The first-order valence-electron chi connectivity index (χ1n) is 7.67. The van der Waals surface area contributed by atoms with E-state index >= 15 is 0 Å². The SMILES string of the molecule is CS(=O)(=O)c1ccccc1C(=O)NCCCOCc1ccccc1. The molecule has 0 unspecified atom stereocenters. The lowest BCUT2D eigenvalue weighted by Gasteiger charge is -2.09. The van der Waals surface area contributed by atoms with Crippen LogP contribution in [0.15, 0.2) is 59.5 Å². The Hall–Kier alpha value is -2.18. The minimum atomic E-state index is -3.43. The molecule has 0 spiro atoms. The van der Waals surface area contributed by atoms with Gasteiger partial charge >= 0.3 is 0 Å². The zero-order valence-corrected chi connectivity index (χ0v) is 14.4. The molecule has 128 valence electrons. The molecule has 0 heterocycles. The Morgan fingerprint density at radius 3 is 2.42 bits per heavy atom. The van der Waals surface area contributed by atoms with Gasteiger partial charge in [-0.3, -0.25) is 4.79 Å². The molecule has 0 atom stereocenters. The highest BCUT2D eigenvalue weighted by atomic mass is 32.2. The second kappa shape index (κ2) is 8.61. The van der Waals surface area contributed by atoms with E-state index in [1.807, 2.05) is 30.3 Å². The zero-order chi connectivity index (χ0) is 17.4. The number of rotatable bonds is 8. The third-order valence-corrected chi connectivity index (χ3v) is 4.55. The number of carbonyl (C=O) groups is 1. The fourth-order valence-electron chi connectivity index (χ4n) is 2.21. The summed E-state index contributed by atoms with van der Waals surface area (Å²) in [5.41, 5.74) is 1.27. The van der Waals surface area contributed by atoms with Crippen LogP contribution < -0.4 is 5.32 Å². The Morgan fingerprint density at radius 1 is 1.04 bits per heavy atom. The summed E-state index contributed by atoms with van der Waals surface area (Å²) in [4.78, 5) is 12.2. The molecule has 2 aromatic rings. The smallest absolute Gasteiger partial charge is 0.252 e. The monoisotopic (exact) mass is 347 g/mol. The van der Waals surface area contributed by atoms with E-state index in [1.165, 1.54) is 12.1 Å². The average molecular weight is 347 g/mol. The third-order valence-electron chi connectivity index (χ3n) is 3.39. The molecule has 0 fully saturated rings. The first-order valence-corrected chi connectivity index (χ1v) is 9.56. The van der Waals surface area contributed by atoms with Gasteiger partial charge in [0.05, 0.1) is 17.1 Å². The molecule has 0 saturated heterocycles. The van der Waals surface area contributed by atoms with Gasteiger partial charge in [-0.1, -0.05) is 42.5 Å². The van der Waals surface area contributed by atoms with Gasteiger partial charge in [0.2, 0.25) is 0 Å². The molecule has 1 amide bonds. The molecule has 0 saturated carbocycles. The van der Waals surface area contributed by atoms with Gasteiger partial charge in [-0.2, -0.15) is 0 Å². The lowest BCUT2D eigenvalue weighted by molar-refractivity contribution is 0.0931. The van der Waals surface area contributed by atoms with Gasteiger partial charge in [0.25, 0.3) is 5.91 Å². The van der Waals surface area contributed by atoms with Gasteiger partial charge in [-0.15, -0.1) is 0 Å². The third kappa shape index (κ3) is 5.47. The molecule has 0 aliphatic heterocycles. The Morgan fingerprint density at radius 2 is 1.71 bits per heavy atom. The molecule has 2 aromatic carbocycles. The molecule has 5 nitrogen and oxygen atoms in total. The maximum absolute atomic E-state index is 12.1. The summed E-state index contributed by atoms with van der Waals surface area (Å²) < 4.78 is 29.0. The number of benzene rings is 2. The van der Waals surface area contributed by atoms with Crippen LogP contribution in [0.1, 0.15) is 22.3 Å². The Labute approximate surface area is 142 Å². The largest absolute Gasteiger partial charge is 0.377 e. The number of carbonyl (C=O) groups excluding carboxylic acids is 1. The lowest BCUT2D eigenvalue weighted by atomic mass is 10.2. The summed E-state index contributed by atoms with van der Waals surface area (Å²) in [6.45, 7) is 1.47. The standard InChI is InChI=1S/C18H21NO4S/c1-24(21,22)17-11-6-5-10-16(17)18(20)19-12-7-13-23-14-15-8-3-2-4-9-15/h2-6,8-11H,7,12-14H2,1H3,(H,19,20). The van der Waals surface area contributed by atoms with E-state index in [0.717, 1.165) is 11.8 Å². The summed E-state index contributed by atoms with van der Waals surface area (Å²) in [6, 6.07) is 16.0. The van der Waals surface area contributed by atoms with Crippen molar-refractivity contribution >= 4 is 15.7 Å². The normalized spacial score (nSPS) is 11.2. The molecule has 24 heavy (non-hydrogen) atoms. The second-order valence-electron chi connectivity index (χ2n) is 5.42. The van der Waals surface area contributed by atoms with E-state index in [1.54, 1.807) is 12.1 Å². The molecule has 0 aliphatic rings. The molecule has 6 heteroatoms. The maximum atomic E-state index is 12.1. The van der Waals surface area contributed by atoms with Crippen LogP contribution in [-0.2, 0) is 21.2 Å². The van der Waals surface area contributed by atoms with Crippen LogP contribution in [-0.4, -0.2) is 33.7 Å². The quantitative estimate of drug-likeness (QED) is 0.745. The molecular formula is C18H21NO4S. The van der Waals surface area contributed by atoms with Crippen molar-refractivity contribution in [2.45, 2.75) is 17.9 Å². The number of sulfone groups is 1. The van der Waals surface area contributed by atoms with Crippen LogP contribution in [0.25, 0.3) is 0 Å². The molecule has 0 radical (unpaired) electrons. The van der Waals surface area contributed by atoms with E-state index in [4.69, 9.17) is 4.74 Å². The van der Waals surface area contributed by atoms with Crippen LogP contribution in [0.4, 0.5) is 0 Å². The summed E-state index contributed by atoms with van der Waals surface area (Å²) in [6.07, 6.45) is 1.75. The van der Waals surface area contributed by atoms with Crippen LogP contribution >= 0.6 is 0 Å². The maximum Gasteiger partial charge on any atom is 0.252 e. The Kier molecular flexibility index (Phi) is 6.52. The van der Waals surface area contributed by atoms with Crippen LogP contribution in [0.2, 0.25) is 0 Å². The van der Waals surface area contributed by atoms with Gasteiger partial charge in [-0.25, -0.2) is 8.42 Å². The highest BCUT2D eigenvalue weighted by Gasteiger charge is 2.17. The van der Waals surface area contributed by atoms with Gasteiger partial charge < -0.3 is 10.1 Å². The average Bonchev–Trinajstić information content (AvgIpc) is 2.58. The number of hydrogen-bond donors (Lipinski definition) is 1. The molecule has 2 rings (SSSR count). The highest BCUT2D eigenvalue weighted by molar-refractivity contribution is 7.90. The van der Waals surface area contributed by atoms with Crippen LogP contribution in [0.3, 0.4) is 0 Å².